The standard InChI is InChI=1S/C22H32O5/c1-13-15(24)10-14-11-18-21(4,27-18)7-6-17-22(5,26-17)12-16(25-9-8-23)19(13)20(14,2)3/h8,14,16-19H,1,6-7,9-12H2,2-5H3/t14?,16-,17?,18?,19?,21?,22?/m0/s1. The maximum Gasteiger partial charge on any atom is 0.158 e. The largest absolute Gasteiger partial charge is 0.370 e. The topological polar surface area (TPSA) is 68.4 Å². The molecule has 27 heavy (non-hydrogen) atoms. The Morgan fingerprint density at radius 1 is 1.19 bits per heavy atom. The second-order valence-electron chi connectivity index (χ2n) is 10.0. The van der Waals surface area contributed by atoms with Crippen LogP contribution in [-0.2, 0) is 23.8 Å². The molecular formula is C22H32O5. The fourth-order valence-corrected chi connectivity index (χ4v) is 5.74. The average Bonchev–Trinajstić information content (AvgIpc) is 3.43. The lowest BCUT2D eigenvalue weighted by Crippen LogP contribution is -2.49. The summed E-state index contributed by atoms with van der Waals surface area (Å²) in [5, 5.41) is 0. The minimum absolute atomic E-state index is 0.0357. The van der Waals surface area contributed by atoms with Crippen molar-refractivity contribution in [2.45, 2.75) is 89.3 Å². The van der Waals surface area contributed by atoms with Crippen LogP contribution in [0, 0.1) is 17.3 Å². The number of epoxide rings is 2. The monoisotopic (exact) mass is 376 g/mol. The van der Waals surface area contributed by atoms with Crippen molar-refractivity contribution in [3.8, 4) is 0 Å². The van der Waals surface area contributed by atoms with Gasteiger partial charge in [0, 0.05) is 18.8 Å². The summed E-state index contributed by atoms with van der Waals surface area (Å²) >= 11 is 0. The number of rotatable bonds is 3. The molecule has 0 radical (unpaired) electrons. The molecule has 4 fully saturated rings. The Morgan fingerprint density at radius 2 is 1.89 bits per heavy atom. The van der Waals surface area contributed by atoms with Gasteiger partial charge in [0.2, 0.25) is 0 Å². The Balaban J connectivity index is 1.70. The van der Waals surface area contributed by atoms with Gasteiger partial charge in [-0.05, 0) is 50.0 Å². The zero-order valence-electron chi connectivity index (χ0n) is 17.0. The van der Waals surface area contributed by atoms with E-state index in [1.807, 2.05) is 0 Å². The van der Waals surface area contributed by atoms with Crippen molar-refractivity contribution >= 4 is 12.1 Å². The number of carbonyl (C=O) groups excluding carboxylic acids is 2. The molecule has 5 nitrogen and oxygen atoms in total. The second-order valence-corrected chi connectivity index (χ2v) is 10.0. The van der Waals surface area contributed by atoms with Crippen LogP contribution in [0.25, 0.3) is 0 Å². The number of hydrogen-bond acceptors (Lipinski definition) is 5. The molecule has 0 aromatic rings. The summed E-state index contributed by atoms with van der Waals surface area (Å²) in [6.07, 6.45) is 4.98. The van der Waals surface area contributed by atoms with E-state index in [2.05, 4.69) is 34.3 Å². The predicted molar refractivity (Wildman–Crippen MR) is 100 cm³/mol. The molecule has 150 valence electrons. The molecule has 4 rings (SSSR count). The van der Waals surface area contributed by atoms with Crippen LogP contribution >= 0.6 is 0 Å². The summed E-state index contributed by atoms with van der Waals surface area (Å²) in [4.78, 5) is 23.8. The molecule has 7 atom stereocenters. The van der Waals surface area contributed by atoms with E-state index in [1.54, 1.807) is 0 Å². The lowest BCUT2D eigenvalue weighted by atomic mass is 9.56. The van der Waals surface area contributed by atoms with Crippen LogP contribution in [-0.4, -0.2) is 48.2 Å². The Hall–Kier alpha value is -1.04. The highest BCUT2D eigenvalue weighted by atomic mass is 16.6. The maximum atomic E-state index is 12.8. The van der Waals surface area contributed by atoms with Gasteiger partial charge in [0.15, 0.2) is 5.78 Å². The Bertz CT molecular complexity index is 670. The number of fused-ring (bicyclic) bond motifs is 4. The third kappa shape index (κ3) is 3.22. The zero-order chi connectivity index (χ0) is 19.6. The molecule has 2 aliphatic carbocycles. The van der Waals surface area contributed by atoms with Crippen LogP contribution in [0.2, 0.25) is 0 Å². The van der Waals surface area contributed by atoms with E-state index in [9.17, 15) is 9.59 Å². The van der Waals surface area contributed by atoms with Gasteiger partial charge in [0.25, 0.3) is 0 Å². The number of Topliss-reactive ketones (excluding diaryl/α,β-unsaturated/α-hetero) is 1. The van der Waals surface area contributed by atoms with Crippen LogP contribution in [0.15, 0.2) is 12.2 Å². The van der Waals surface area contributed by atoms with Crippen molar-refractivity contribution < 1.29 is 23.8 Å². The van der Waals surface area contributed by atoms with Gasteiger partial charge in [-0.1, -0.05) is 20.4 Å². The van der Waals surface area contributed by atoms with E-state index >= 15 is 0 Å². The smallest absolute Gasteiger partial charge is 0.158 e. The van der Waals surface area contributed by atoms with Gasteiger partial charge in [-0.2, -0.15) is 0 Å². The van der Waals surface area contributed by atoms with E-state index < -0.39 is 0 Å². The van der Waals surface area contributed by atoms with Gasteiger partial charge < -0.3 is 19.0 Å². The number of ketones is 1. The van der Waals surface area contributed by atoms with E-state index in [4.69, 9.17) is 14.2 Å². The van der Waals surface area contributed by atoms with Gasteiger partial charge in [0.1, 0.15) is 12.9 Å². The van der Waals surface area contributed by atoms with Crippen molar-refractivity contribution in [1.29, 1.82) is 0 Å². The van der Waals surface area contributed by atoms with Crippen molar-refractivity contribution in [2.24, 2.45) is 17.3 Å². The van der Waals surface area contributed by atoms with E-state index in [0.717, 1.165) is 25.5 Å². The minimum atomic E-state index is -0.264. The molecule has 0 spiro atoms. The summed E-state index contributed by atoms with van der Waals surface area (Å²) in [7, 11) is 0. The van der Waals surface area contributed by atoms with E-state index in [-0.39, 0.29) is 59.2 Å². The first-order valence-corrected chi connectivity index (χ1v) is 10.2. The highest BCUT2D eigenvalue weighted by Crippen LogP contribution is 2.57. The van der Waals surface area contributed by atoms with E-state index in [1.165, 1.54) is 0 Å². The summed E-state index contributed by atoms with van der Waals surface area (Å²) in [6.45, 7) is 12.9. The van der Waals surface area contributed by atoms with E-state index in [0.29, 0.717) is 18.4 Å². The summed E-state index contributed by atoms with van der Waals surface area (Å²) in [6, 6.07) is 0. The average molecular weight is 376 g/mol. The van der Waals surface area contributed by atoms with Gasteiger partial charge in [-0.3, -0.25) is 4.79 Å². The summed E-state index contributed by atoms with van der Waals surface area (Å²) < 4.78 is 18.2. The van der Waals surface area contributed by atoms with Crippen molar-refractivity contribution in [1.82, 2.24) is 0 Å². The van der Waals surface area contributed by atoms with Crippen LogP contribution in [0.4, 0.5) is 0 Å². The first-order valence-electron chi connectivity index (χ1n) is 10.2. The Labute approximate surface area is 161 Å². The molecule has 0 aromatic carbocycles. The SMILES string of the molecule is C=C1C(=O)CC2CC3OC3(C)CCC3OC3(C)C[C@H](OCC=O)C1C2(C)C. The molecule has 0 N–H and O–H groups in total. The molecule has 2 saturated heterocycles. The van der Waals surface area contributed by atoms with Crippen LogP contribution < -0.4 is 0 Å². The summed E-state index contributed by atoms with van der Waals surface area (Å²) in [5.74, 6) is 0.231. The van der Waals surface area contributed by atoms with Gasteiger partial charge in [-0.25, -0.2) is 0 Å². The third-order valence-electron chi connectivity index (χ3n) is 7.85. The van der Waals surface area contributed by atoms with Crippen LogP contribution in [0.3, 0.4) is 0 Å². The lowest BCUT2D eigenvalue weighted by molar-refractivity contribution is -0.128. The minimum Gasteiger partial charge on any atom is -0.370 e. The zero-order valence-corrected chi connectivity index (χ0v) is 17.0. The molecule has 0 amide bonds. The Kier molecular flexibility index (Phi) is 4.45. The molecule has 2 saturated carbocycles. The molecular weight excluding hydrogens is 344 g/mol. The maximum absolute atomic E-state index is 12.8. The fourth-order valence-electron chi connectivity index (χ4n) is 5.74. The molecule has 2 bridgehead atoms. The summed E-state index contributed by atoms with van der Waals surface area (Å²) in [5.41, 5.74) is 0.137. The van der Waals surface area contributed by atoms with Crippen LogP contribution in [0.1, 0.15) is 59.8 Å². The molecule has 4 aliphatic rings. The number of aldehydes is 1. The number of hydrogen-bond donors (Lipinski definition) is 0. The first kappa shape index (κ1) is 19.3. The second kappa shape index (κ2) is 6.23. The van der Waals surface area contributed by atoms with Crippen LogP contribution in [0.5, 0.6) is 0 Å². The molecule has 5 heteroatoms. The molecule has 2 heterocycles. The quantitative estimate of drug-likeness (QED) is 0.430. The highest BCUT2D eigenvalue weighted by Gasteiger charge is 2.61. The normalized spacial score (nSPS) is 48.5. The van der Waals surface area contributed by atoms with Gasteiger partial charge in [0.05, 0.1) is 29.5 Å². The molecule has 6 unspecified atom stereocenters. The number of carbonyl (C=O) groups is 2. The molecule has 2 aliphatic heterocycles. The highest BCUT2D eigenvalue weighted by molar-refractivity contribution is 5.96. The number of ether oxygens (including phenoxy) is 3. The first-order chi connectivity index (χ1) is 12.6. The Morgan fingerprint density at radius 3 is 2.59 bits per heavy atom. The van der Waals surface area contributed by atoms with Gasteiger partial charge in [-0.15, -0.1) is 0 Å². The van der Waals surface area contributed by atoms with Gasteiger partial charge >= 0.3 is 0 Å². The van der Waals surface area contributed by atoms with Crippen molar-refractivity contribution in [3.05, 3.63) is 12.2 Å². The molecule has 0 aromatic heterocycles. The van der Waals surface area contributed by atoms with Crippen molar-refractivity contribution in [3.63, 3.8) is 0 Å². The lowest BCUT2D eigenvalue weighted by Gasteiger charge is -2.49. The third-order valence-corrected chi connectivity index (χ3v) is 7.85. The van der Waals surface area contributed by atoms with Crippen molar-refractivity contribution in [2.75, 3.05) is 6.61 Å². The fraction of sp³-hybridized carbons (Fsp3) is 0.818. The predicted octanol–water partition coefficient (Wildman–Crippen LogP) is 3.25.